The normalized spacial score (nSPS) is 19.7. The van der Waals surface area contributed by atoms with Crippen LogP contribution in [0.3, 0.4) is 0 Å². The SMILES string of the molecule is CN=C(NCc1ccnn1C)N(C)CC1CCOC1. The molecule has 6 heteroatoms. The number of ether oxygens (including phenoxy) is 1. The Bertz CT molecular complexity index is 422. The van der Waals surface area contributed by atoms with Crippen molar-refractivity contribution < 1.29 is 4.74 Å². The third-order valence-electron chi connectivity index (χ3n) is 3.48. The van der Waals surface area contributed by atoms with E-state index < -0.39 is 0 Å². The summed E-state index contributed by atoms with van der Waals surface area (Å²) in [6.07, 6.45) is 2.95. The maximum absolute atomic E-state index is 5.41. The first-order valence-corrected chi connectivity index (χ1v) is 6.67. The van der Waals surface area contributed by atoms with Crippen molar-refractivity contribution in [2.24, 2.45) is 18.0 Å². The maximum Gasteiger partial charge on any atom is 0.193 e. The first-order valence-electron chi connectivity index (χ1n) is 6.67. The molecule has 0 saturated carbocycles. The van der Waals surface area contributed by atoms with Gasteiger partial charge in [-0.25, -0.2) is 0 Å². The average Bonchev–Trinajstić information content (AvgIpc) is 3.02. The van der Waals surface area contributed by atoms with E-state index in [4.69, 9.17) is 4.74 Å². The molecule has 0 aromatic carbocycles. The molecule has 0 amide bonds. The largest absolute Gasteiger partial charge is 0.381 e. The molecule has 1 fully saturated rings. The summed E-state index contributed by atoms with van der Waals surface area (Å²) in [5.41, 5.74) is 1.14. The van der Waals surface area contributed by atoms with Crippen molar-refractivity contribution >= 4 is 5.96 Å². The Morgan fingerprint density at radius 1 is 1.68 bits per heavy atom. The lowest BCUT2D eigenvalue weighted by Crippen LogP contribution is -2.41. The minimum Gasteiger partial charge on any atom is -0.381 e. The lowest BCUT2D eigenvalue weighted by molar-refractivity contribution is 0.181. The number of aliphatic imine (C=N–C) groups is 1. The van der Waals surface area contributed by atoms with Crippen LogP contribution in [-0.2, 0) is 18.3 Å². The molecule has 1 N–H and O–H groups in total. The zero-order chi connectivity index (χ0) is 13.7. The lowest BCUT2D eigenvalue weighted by atomic mass is 10.1. The number of hydrogen-bond acceptors (Lipinski definition) is 3. The fourth-order valence-corrected chi connectivity index (χ4v) is 2.33. The summed E-state index contributed by atoms with van der Waals surface area (Å²) in [7, 11) is 5.82. The summed E-state index contributed by atoms with van der Waals surface area (Å²) in [4.78, 5) is 6.48. The van der Waals surface area contributed by atoms with Crippen molar-refractivity contribution in [1.82, 2.24) is 20.0 Å². The molecule has 1 saturated heterocycles. The van der Waals surface area contributed by atoms with Gasteiger partial charge in [-0.2, -0.15) is 5.10 Å². The molecule has 0 spiro atoms. The van der Waals surface area contributed by atoms with Crippen molar-refractivity contribution in [2.75, 3.05) is 33.9 Å². The van der Waals surface area contributed by atoms with Gasteiger partial charge in [0.05, 0.1) is 18.8 Å². The first kappa shape index (κ1) is 13.9. The lowest BCUT2D eigenvalue weighted by Gasteiger charge is -2.24. The Labute approximate surface area is 114 Å². The number of nitrogens with zero attached hydrogens (tertiary/aromatic N) is 4. The Balaban J connectivity index is 1.83. The van der Waals surface area contributed by atoms with E-state index in [1.54, 1.807) is 6.20 Å². The van der Waals surface area contributed by atoms with Gasteiger partial charge in [0.2, 0.25) is 0 Å². The van der Waals surface area contributed by atoms with E-state index in [1.165, 1.54) is 0 Å². The predicted molar refractivity (Wildman–Crippen MR) is 75.0 cm³/mol. The molecule has 19 heavy (non-hydrogen) atoms. The van der Waals surface area contributed by atoms with E-state index in [1.807, 2.05) is 24.8 Å². The van der Waals surface area contributed by atoms with Gasteiger partial charge in [-0.15, -0.1) is 0 Å². The van der Waals surface area contributed by atoms with Crippen LogP contribution in [0.4, 0.5) is 0 Å². The van der Waals surface area contributed by atoms with Crippen LogP contribution in [0.5, 0.6) is 0 Å². The molecule has 0 radical (unpaired) electrons. The van der Waals surface area contributed by atoms with Crippen molar-refractivity contribution in [3.8, 4) is 0 Å². The molecule has 1 aromatic heterocycles. The smallest absolute Gasteiger partial charge is 0.193 e. The summed E-state index contributed by atoms with van der Waals surface area (Å²) >= 11 is 0. The van der Waals surface area contributed by atoms with Crippen LogP contribution in [0.2, 0.25) is 0 Å². The maximum atomic E-state index is 5.41. The number of aryl methyl sites for hydroxylation is 1. The minimum atomic E-state index is 0.611. The number of aromatic nitrogens is 2. The van der Waals surface area contributed by atoms with E-state index in [2.05, 4.69) is 27.4 Å². The van der Waals surface area contributed by atoms with Gasteiger partial charge >= 0.3 is 0 Å². The van der Waals surface area contributed by atoms with Crippen molar-refractivity contribution in [1.29, 1.82) is 0 Å². The number of rotatable bonds is 4. The third kappa shape index (κ3) is 3.70. The average molecular weight is 265 g/mol. The molecule has 106 valence electrons. The van der Waals surface area contributed by atoms with Gasteiger partial charge in [-0.3, -0.25) is 9.67 Å². The van der Waals surface area contributed by atoms with E-state index in [-0.39, 0.29) is 0 Å². The van der Waals surface area contributed by atoms with Gasteiger partial charge < -0.3 is 15.0 Å². The summed E-state index contributed by atoms with van der Waals surface area (Å²) in [6, 6.07) is 2.01. The summed E-state index contributed by atoms with van der Waals surface area (Å²) in [5, 5.41) is 7.52. The number of guanidine groups is 1. The van der Waals surface area contributed by atoms with Gasteiger partial charge in [0.1, 0.15) is 0 Å². The predicted octanol–water partition coefficient (Wildman–Crippen LogP) is 0.464. The van der Waals surface area contributed by atoms with Gasteiger partial charge in [0.25, 0.3) is 0 Å². The fourth-order valence-electron chi connectivity index (χ4n) is 2.33. The highest BCUT2D eigenvalue weighted by Crippen LogP contribution is 2.13. The van der Waals surface area contributed by atoms with Crippen LogP contribution in [-0.4, -0.2) is 54.5 Å². The second kappa shape index (κ2) is 6.56. The van der Waals surface area contributed by atoms with Gasteiger partial charge in [0.15, 0.2) is 5.96 Å². The second-order valence-electron chi connectivity index (χ2n) is 4.96. The number of nitrogens with one attached hydrogen (secondary N) is 1. The molecule has 2 heterocycles. The van der Waals surface area contributed by atoms with Crippen LogP contribution in [0.15, 0.2) is 17.3 Å². The van der Waals surface area contributed by atoms with Crippen LogP contribution >= 0.6 is 0 Å². The van der Waals surface area contributed by atoms with Gasteiger partial charge in [0, 0.05) is 46.4 Å². The Morgan fingerprint density at radius 3 is 3.11 bits per heavy atom. The van der Waals surface area contributed by atoms with Crippen LogP contribution < -0.4 is 5.32 Å². The van der Waals surface area contributed by atoms with Crippen LogP contribution in [0.25, 0.3) is 0 Å². The Hall–Kier alpha value is -1.56. The highest BCUT2D eigenvalue weighted by atomic mass is 16.5. The van der Waals surface area contributed by atoms with Gasteiger partial charge in [-0.05, 0) is 12.5 Å². The summed E-state index contributed by atoms with van der Waals surface area (Å²) in [5.74, 6) is 1.52. The standard InChI is InChI=1S/C13H23N5O/c1-14-13(15-8-12-4-6-16-18(12)3)17(2)9-11-5-7-19-10-11/h4,6,11H,5,7-10H2,1-3H3,(H,14,15). The molecule has 1 aliphatic heterocycles. The topological polar surface area (TPSA) is 54.7 Å². The van der Waals surface area contributed by atoms with Crippen molar-refractivity contribution in [3.05, 3.63) is 18.0 Å². The Kier molecular flexibility index (Phi) is 4.79. The monoisotopic (exact) mass is 265 g/mol. The zero-order valence-electron chi connectivity index (χ0n) is 12.0. The Morgan fingerprint density at radius 2 is 2.53 bits per heavy atom. The van der Waals surface area contributed by atoms with Crippen LogP contribution in [0.1, 0.15) is 12.1 Å². The zero-order valence-corrected chi connectivity index (χ0v) is 12.0. The number of hydrogen-bond donors (Lipinski definition) is 1. The van der Waals surface area contributed by atoms with E-state index in [0.29, 0.717) is 5.92 Å². The highest BCUT2D eigenvalue weighted by molar-refractivity contribution is 5.79. The first-order chi connectivity index (χ1) is 9.20. The third-order valence-corrected chi connectivity index (χ3v) is 3.48. The second-order valence-corrected chi connectivity index (χ2v) is 4.96. The van der Waals surface area contributed by atoms with Crippen molar-refractivity contribution in [3.63, 3.8) is 0 Å². The molecule has 0 bridgehead atoms. The fraction of sp³-hybridized carbons (Fsp3) is 0.692. The van der Waals surface area contributed by atoms with Crippen LogP contribution in [0, 0.1) is 5.92 Å². The molecule has 1 atom stereocenters. The summed E-state index contributed by atoms with van der Waals surface area (Å²) in [6.45, 7) is 3.46. The van der Waals surface area contributed by atoms with Crippen molar-refractivity contribution in [2.45, 2.75) is 13.0 Å². The van der Waals surface area contributed by atoms with E-state index in [9.17, 15) is 0 Å². The van der Waals surface area contributed by atoms with E-state index in [0.717, 1.165) is 44.4 Å². The highest BCUT2D eigenvalue weighted by Gasteiger charge is 2.19. The molecule has 1 aliphatic rings. The molecular weight excluding hydrogens is 242 g/mol. The quantitative estimate of drug-likeness (QED) is 0.635. The molecule has 0 aliphatic carbocycles. The minimum absolute atomic E-state index is 0.611. The summed E-state index contributed by atoms with van der Waals surface area (Å²) < 4.78 is 7.27. The molecule has 2 rings (SSSR count). The van der Waals surface area contributed by atoms with Gasteiger partial charge in [-0.1, -0.05) is 0 Å². The molecule has 1 unspecified atom stereocenters. The molecular formula is C13H23N5O. The molecule has 1 aromatic rings. The van der Waals surface area contributed by atoms with E-state index >= 15 is 0 Å². The molecule has 6 nitrogen and oxygen atoms in total.